The van der Waals surface area contributed by atoms with E-state index in [0.717, 1.165) is 11.3 Å². The van der Waals surface area contributed by atoms with Gasteiger partial charge in [0.2, 0.25) is 0 Å². The summed E-state index contributed by atoms with van der Waals surface area (Å²) in [4.78, 5) is 0. The summed E-state index contributed by atoms with van der Waals surface area (Å²) < 4.78 is 3.54. The number of rotatable bonds is 2. The molecule has 1 rings (SSSR count). The number of hydrogen-bond acceptors (Lipinski definition) is 4. The van der Waals surface area contributed by atoms with Crippen molar-refractivity contribution in [1.29, 1.82) is 0 Å². The second-order valence-electron chi connectivity index (χ2n) is 5.52. The largest absolute Gasteiger partial charge is 0.350 e. The molecule has 4 unspecified atom stereocenters. The summed E-state index contributed by atoms with van der Waals surface area (Å²) >= 11 is 0. The van der Waals surface area contributed by atoms with Crippen molar-refractivity contribution in [2.45, 2.75) is 32.0 Å². The highest BCUT2D eigenvalue weighted by Gasteiger charge is 2.35. The molecule has 4 nitrogen and oxygen atoms in total. The Bertz CT molecular complexity index is 295. The van der Waals surface area contributed by atoms with Crippen LogP contribution in [0.3, 0.4) is 0 Å². The molecular formula is C11H26N4S. The zero-order valence-corrected chi connectivity index (χ0v) is 11.8. The van der Waals surface area contributed by atoms with Gasteiger partial charge in [0.1, 0.15) is 0 Å². The van der Waals surface area contributed by atoms with Crippen LogP contribution in [-0.2, 0) is 0 Å². The molecule has 0 aliphatic heterocycles. The van der Waals surface area contributed by atoms with Crippen molar-refractivity contribution in [1.82, 2.24) is 4.72 Å². The van der Waals surface area contributed by atoms with Crippen LogP contribution in [0.5, 0.6) is 0 Å². The SMILES string of the molecule is CC1=C(NS(C)(C)C)C(N)C(C)C(N)C1N. The minimum atomic E-state index is -0.838. The van der Waals surface area contributed by atoms with Crippen LogP contribution in [-0.4, -0.2) is 36.9 Å². The maximum absolute atomic E-state index is 6.23. The molecule has 0 saturated heterocycles. The van der Waals surface area contributed by atoms with E-state index in [1.54, 1.807) is 0 Å². The van der Waals surface area contributed by atoms with Gasteiger partial charge in [-0.1, -0.05) is 6.92 Å². The lowest BCUT2D eigenvalue weighted by Gasteiger charge is -2.42. The Morgan fingerprint density at radius 3 is 2.00 bits per heavy atom. The van der Waals surface area contributed by atoms with E-state index >= 15 is 0 Å². The van der Waals surface area contributed by atoms with Gasteiger partial charge in [-0.15, -0.1) is 0 Å². The predicted molar refractivity (Wildman–Crippen MR) is 74.3 cm³/mol. The van der Waals surface area contributed by atoms with Crippen molar-refractivity contribution in [3.8, 4) is 0 Å². The smallest absolute Gasteiger partial charge is 0.0493 e. The van der Waals surface area contributed by atoms with Gasteiger partial charge in [0.15, 0.2) is 0 Å². The minimum Gasteiger partial charge on any atom is -0.350 e. The topological polar surface area (TPSA) is 90.1 Å². The van der Waals surface area contributed by atoms with Gasteiger partial charge in [-0.05, 0) is 37.2 Å². The fourth-order valence-electron chi connectivity index (χ4n) is 2.04. The zero-order valence-electron chi connectivity index (χ0n) is 10.9. The summed E-state index contributed by atoms with van der Waals surface area (Å²) in [6.07, 6.45) is 6.60. The van der Waals surface area contributed by atoms with Gasteiger partial charge >= 0.3 is 0 Å². The van der Waals surface area contributed by atoms with Crippen LogP contribution >= 0.6 is 10.2 Å². The van der Waals surface area contributed by atoms with E-state index in [0.29, 0.717) is 0 Å². The Balaban J connectivity index is 3.04. The van der Waals surface area contributed by atoms with Crippen molar-refractivity contribution < 1.29 is 0 Å². The third kappa shape index (κ3) is 2.71. The Hall–Kier alpha value is -0.230. The summed E-state index contributed by atoms with van der Waals surface area (Å²) in [5.74, 6) is 0.211. The summed E-state index contributed by atoms with van der Waals surface area (Å²) in [6.45, 7) is 4.10. The average Bonchev–Trinajstić information content (AvgIpc) is 2.17. The summed E-state index contributed by atoms with van der Waals surface area (Å²) in [6, 6.07) is -0.156. The summed E-state index contributed by atoms with van der Waals surface area (Å²) in [5.41, 5.74) is 20.6. The standard InChI is InChI=1S/C11H26N4S/c1-6-8(12)9(13)7(2)11(10(6)14)15-16(3,4)5/h6,8-10,15H,12-14H2,1-5H3. The van der Waals surface area contributed by atoms with Gasteiger partial charge < -0.3 is 21.9 Å². The second-order valence-corrected chi connectivity index (χ2v) is 9.40. The van der Waals surface area contributed by atoms with Gasteiger partial charge in [0, 0.05) is 23.8 Å². The number of nitrogens with one attached hydrogen (secondary N) is 1. The van der Waals surface area contributed by atoms with Crippen LogP contribution < -0.4 is 21.9 Å². The minimum absolute atomic E-state index is 0.0264. The van der Waals surface area contributed by atoms with E-state index in [1.807, 2.05) is 6.92 Å². The van der Waals surface area contributed by atoms with Crippen molar-refractivity contribution in [2.75, 3.05) is 18.8 Å². The average molecular weight is 246 g/mol. The van der Waals surface area contributed by atoms with Crippen LogP contribution in [0.25, 0.3) is 0 Å². The van der Waals surface area contributed by atoms with Gasteiger partial charge in [0.05, 0.1) is 0 Å². The van der Waals surface area contributed by atoms with E-state index in [2.05, 4.69) is 30.4 Å². The summed E-state index contributed by atoms with van der Waals surface area (Å²) in [5, 5.41) is 0. The monoisotopic (exact) mass is 246 g/mol. The highest BCUT2D eigenvalue weighted by Crippen LogP contribution is 2.35. The lowest BCUT2D eigenvalue weighted by atomic mass is 9.79. The maximum Gasteiger partial charge on any atom is 0.0493 e. The summed E-state index contributed by atoms with van der Waals surface area (Å²) in [7, 11) is -0.838. The molecule has 0 aromatic rings. The molecule has 0 fully saturated rings. The Morgan fingerprint density at radius 2 is 1.56 bits per heavy atom. The van der Waals surface area contributed by atoms with E-state index in [9.17, 15) is 0 Å². The Kier molecular flexibility index (Phi) is 3.95. The fourth-order valence-corrected chi connectivity index (χ4v) is 3.00. The molecule has 0 aromatic carbocycles. The molecule has 0 spiro atoms. The van der Waals surface area contributed by atoms with Crippen LogP contribution in [0.2, 0.25) is 0 Å². The quantitative estimate of drug-likeness (QED) is 0.556. The second kappa shape index (κ2) is 4.56. The van der Waals surface area contributed by atoms with Gasteiger partial charge in [-0.25, -0.2) is 0 Å². The molecule has 16 heavy (non-hydrogen) atoms. The van der Waals surface area contributed by atoms with E-state index < -0.39 is 10.2 Å². The third-order valence-corrected chi connectivity index (χ3v) is 4.09. The predicted octanol–water partition coefficient (Wildman–Crippen LogP) is 0.0906. The first-order valence-electron chi connectivity index (χ1n) is 5.58. The molecule has 7 N–H and O–H groups in total. The molecule has 0 radical (unpaired) electrons. The van der Waals surface area contributed by atoms with Crippen LogP contribution in [0, 0.1) is 5.92 Å². The van der Waals surface area contributed by atoms with E-state index in [-0.39, 0.29) is 24.0 Å². The van der Waals surface area contributed by atoms with E-state index in [1.165, 1.54) is 0 Å². The lowest BCUT2D eigenvalue weighted by molar-refractivity contribution is 0.343. The molecule has 0 heterocycles. The van der Waals surface area contributed by atoms with Crippen LogP contribution in [0.4, 0.5) is 0 Å². The van der Waals surface area contributed by atoms with Crippen LogP contribution in [0.15, 0.2) is 11.3 Å². The molecule has 96 valence electrons. The first-order chi connectivity index (χ1) is 7.15. The molecular weight excluding hydrogens is 220 g/mol. The fraction of sp³-hybridized carbons (Fsp3) is 0.818. The number of hydrogen-bond donors (Lipinski definition) is 4. The zero-order chi connectivity index (χ0) is 12.7. The highest BCUT2D eigenvalue weighted by atomic mass is 32.3. The van der Waals surface area contributed by atoms with Crippen molar-refractivity contribution in [3.05, 3.63) is 11.3 Å². The Labute approximate surface area is 100 Å². The van der Waals surface area contributed by atoms with Crippen molar-refractivity contribution in [3.63, 3.8) is 0 Å². The third-order valence-electron chi connectivity index (χ3n) is 3.26. The molecule has 0 bridgehead atoms. The van der Waals surface area contributed by atoms with Crippen molar-refractivity contribution >= 4 is 10.2 Å². The van der Waals surface area contributed by atoms with E-state index in [4.69, 9.17) is 17.2 Å². The lowest BCUT2D eigenvalue weighted by Crippen LogP contribution is -2.58. The van der Waals surface area contributed by atoms with Gasteiger partial charge in [-0.2, -0.15) is 10.2 Å². The Morgan fingerprint density at radius 1 is 1.06 bits per heavy atom. The molecule has 0 aromatic heterocycles. The molecule has 1 aliphatic rings. The van der Waals surface area contributed by atoms with Gasteiger partial charge in [-0.3, -0.25) is 0 Å². The normalized spacial score (nSPS) is 37.5. The molecule has 5 heteroatoms. The first-order valence-corrected chi connectivity index (χ1v) is 8.44. The van der Waals surface area contributed by atoms with Crippen molar-refractivity contribution in [2.24, 2.45) is 23.1 Å². The maximum atomic E-state index is 6.23. The number of nitrogens with two attached hydrogens (primary N) is 3. The molecule has 4 atom stereocenters. The highest BCUT2D eigenvalue weighted by molar-refractivity contribution is 8.30. The van der Waals surface area contributed by atoms with Crippen LogP contribution in [0.1, 0.15) is 13.8 Å². The van der Waals surface area contributed by atoms with Gasteiger partial charge in [0.25, 0.3) is 0 Å². The molecule has 0 amide bonds. The molecule has 1 aliphatic carbocycles. The first kappa shape index (κ1) is 13.8. The molecule has 0 saturated carbocycles.